The molecule has 0 saturated heterocycles. The number of hydrogen-bond acceptors (Lipinski definition) is 5. The fourth-order valence-electron chi connectivity index (χ4n) is 5.13. The standard InChI is InChI=1S/C26H41N3O4/c1-32-23(33-2)19-27-24(30)22(18-20-12-6-3-7-13-20)29-26(16-10-5-11-17-26)25(31)28-21-14-8-4-9-15-21/h3,6-7,12-13,21-23,29H,4-5,8-11,14-19H2,1-2H3,(H,27,30)(H,28,31)/t22-/m0/s1. The van der Waals surface area contributed by atoms with Gasteiger partial charge in [0.2, 0.25) is 11.8 Å². The third-order valence-electron chi connectivity index (χ3n) is 7.10. The van der Waals surface area contributed by atoms with Crippen LogP contribution in [0.5, 0.6) is 0 Å². The second kappa shape index (κ2) is 13.1. The van der Waals surface area contributed by atoms with Gasteiger partial charge in [0.15, 0.2) is 6.29 Å². The van der Waals surface area contributed by atoms with Crippen molar-refractivity contribution in [3.05, 3.63) is 35.9 Å². The van der Waals surface area contributed by atoms with Gasteiger partial charge >= 0.3 is 0 Å². The molecule has 0 unspecified atom stereocenters. The van der Waals surface area contributed by atoms with Gasteiger partial charge < -0.3 is 20.1 Å². The van der Waals surface area contributed by atoms with Gasteiger partial charge in [-0.05, 0) is 37.7 Å². The van der Waals surface area contributed by atoms with E-state index in [1.165, 1.54) is 19.3 Å². The molecule has 3 rings (SSSR count). The van der Waals surface area contributed by atoms with Crippen LogP contribution in [0.2, 0.25) is 0 Å². The van der Waals surface area contributed by atoms with E-state index in [1.54, 1.807) is 14.2 Å². The van der Waals surface area contributed by atoms with Crippen LogP contribution in [0.15, 0.2) is 30.3 Å². The van der Waals surface area contributed by atoms with Crippen molar-refractivity contribution in [1.82, 2.24) is 16.0 Å². The molecule has 1 atom stereocenters. The van der Waals surface area contributed by atoms with E-state index in [4.69, 9.17) is 9.47 Å². The average Bonchev–Trinajstić information content (AvgIpc) is 2.86. The zero-order chi connectivity index (χ0) is 23.5. The molecule has 1 aromatic rings. The van der Waals surface area contributed by atoms with Crippen LogP contribution in [0.1, 0.15) is 69.8 Å². The van der Waals surface area contributed by atoms with E-state index in [9.17, 15) is 9.59 Å². The molecule has 2 fully saturated rings. The topological polar surface area (TPSA) is 88.7 Å². The third-order valence-corrected chi connectivity index (χ3v) is 7.10. The Labute approximate surface area is 198 Å². The van der Waals surface area contributed by atoms with Crippen LogP contribution < -0.4 is 16.0 Å². The molecule has 2 saturated carbocycles. The summed E-state index contributed by atoms with van der Waals surface area (Å²) in [4.78, 5) is 26.9. The lowest BCUT2D eigenvalue weighted by Crippen LogP contribution is -2.65. The fraction of sp³-hybridized carbons (Fsp3) is 0.692. The van der Waals surface area contributed by atoms with Gasteiger partial charge in [0.1, 0.15) is 0 Å². The molecule has 0 spiro atoms. The molecule has 7 heteroatoms. The largest absolute Gasteiger partial charge is 0.354 e. The van der Waals surface area contributed by atoms with Gasteiger partial charge in [-0.25, -0.2) is 0 Å². The average molecular weight is 460 g/mol. The highest BCUT2D eigenvalue weighted by atomic mass is 16.7. The van der Waals surface area contributed by atoms with Crippen molar-refractivity contribution in [3.63, 3.8) is 0 Å². The molecule has 1 aromatic carbocycles. The van der Waals surface area contributed by atoms with Crippen molar-refractivity contribution in [1.29, 1.82) is 0 Å². The van der Waals surface area contributed by atoms with Crippen molar-refractivity contribution in [2.24, 2.45) is 0 Å². The summed E-state index contributed by atoms with van der Waals surface area (Å²) in [5.41, 5.74) is 0.341. The molecular formula is C26H41N3O4. The number of rotatable bonds is 11. The summed E-state index contributed by atoms with van der Waals surface area (Å²) in [5, 5.41) is 9.84. The molecular weight excluding hydrogens is 418 g/mol. The van der Waals surface area contributed by atoms with E-state index in [1.807, 2.05) is 30.3 Å². The number of nitrogens with one attached hydrogen (secondary N) is 3. The van der Waals surface area contributed by atoms with Gasteiger partial charge in [0, 0.05) is 20.3 Å². The second-order valence-electron chi connectivity index (χ2n) is 9.48. The lowest BCUT2D eigenvalue weighted by atomic mass is 9.79. The minimum Gasteiger partial charge on any atom is -0.354 e. The lowest BCUT2D eigenvalue weighted by Gasteiger charge is -2.40. The maximum atomic E-state index is 13.6. The van der Waals surface area contributed by atoms with Gasteiger partial charge in [0.25, 0.3) is 0 Å². The SMILES string of the molecule is COC(CNC(=O)[C@H](Cc1ccccc1)NC1(C(=O)NC2CCCCC2)CCCCC1)OC. The van der Waals surface area contributed by atoms with E-state index in [2.05, 4.69) is 16.0 Å². The summed E-state index contributed by atoms with van der Waals surface area (Å²) < 4.78 is 10.4. The van der Waals surface area contributed by atoms with Gasteiger partial charge in [-0.3, -0.25) is 14.9 Å². The quantitative estimate of drug-likeness (QED) is 0.443. The summed E-state index contributed by atoms with van der Waals surface area (Å²) in [6.07, 6.45) is 10.3. The minimum absolute atomic E-state index is 0.0617. The molecule has 2 aliphatic carbocycles. The molecule has 2 amide bonds. The molecule has 7 nitrogen and oxygen atoms in total. The van der Waals surface area contributed by atoms with Crippen LogP contribution in [0.4, 0.5) is 0 Å². The summed E-state index contributed by atoms with van der Waals surface area (Å²) in [5.74, 6) is -0.0833. The first-order valence-electron chi connectivity index (χ1n) is 12.5. The van der Waals surface area contributed by atoms with E-state index >= 15 is 0 Å². The molecule has 184 valence electrons. The van der Waals surface area contributed by atoms with Crippen LogP contribution >= 0.6 is 0 Å². The Morgan fingerprint density at radius 1 is 0.970 bits per heavy atom. The number of methoxy groups -OCH3 is 2. The summed E-state index contributed by atoms with van der Waals surface area (Å²) in [6, 6.07) is 9.67. The Kier molecular flexibility index (Phi) is 10.2. The Morgan fingerprint density at radius 2 is 1.61 bits per heavy atom. The predicted molar refractivity (Wildman–Crippen MR) is 129 cm³/mol. The van der Waals surface area contributed by atoms with Crippen molar-refractivity contribution < 1.29 is 19.1 Å². The Hall–Kier alpha value is -1.96. The third kappa shape index (κ3) is 7.52. The summed E-state index contributed by atoms with van der Waals surface area (Å²) in [6.45, 7) is 0.250. The van der Waals surface area contributed by atoms with Crippen LogP contribution in [0.3, 0.4) is 0 Å². The lowest BCUT2D eigenvalue weighted by molar-refractivity contribution is -0.133. The van der Waals surface area contributed by atoms with E-state index in [0.717, 1.165) is 50.5 Å². The van der Waals surface area contributed by atoms with Crippen molar-refractivity contribution in [2.75, 3.05) is 20.8 Å². The Balaban J connectivity index is 1.76. The maximum absolute atomic E-state index is 13.6. The van der Waals surface area contributed by atoms with Gasteiger partial charge in [0.05, 0.1) is 18.1 Å². The van der Waals surface area contributed by atoms with Gasteiger partial charge in [-0.2, -0.15) is 0 Å². The first-order chi connectivity index (χ1) is 16.1. The van der Waals surface area contributed by atoms with Crippen LogP contribution in [-0.2, 0) is 25.5 Å². The van der Waals surface area contributed by atoms with Gasteiger partial charge in [-0.1, -0.05) is 68.9 Å². The molecule has 0 bridgehead atoms. The molecule has 33 heavy (non-hydrogen) atoms. The predicted octanol–water partition coefficient (Wildman–Crippen LogP) is 3.07. The van der Waals surface area contributed by atoms with Crippen molar-refractivity contribution in [3.8, 4) is 0 Å². The van der Waals surface area contributed by atoms with Gasteiger partial charge in [-0.15, -0.1) is 0 Å². The first kappa shape index (κ1) is 25.7. The summed E-state index contributed by atoms with van der Waals surface area (Å²) in [7, 11) is 3.10. The molecule has 2 aliphatic rings. The van der Waals surface area contributed by atoms with Crippen molar-refractivity contribution >= 4 is 11.8 Å². The minimum atomic E-state index is -0.714. The Bertz CT molecular complexity index is 726. The highest BCUT2D eigenvalue weighted by Crippen LogP contribution is 2.30. The first-order valence-corrected chi connectivity index (χ1v) is 12.5. The van der Waals surface area contributed by atoms with E-state index in [-0.39, 0.29) is 24.4 Å². The number of amides is 2. The number of hydrogen-bond donors (Lipinski definition) is 3. The fourth-order valence-corrected chi connectivity index (χ4v) is 5.13. The van der Waals surface area contributed by atoms with Crippen LogP contribution in [0, 0.1) is 0 Å². The highest BCUT2D eigenvalue weighted by molar-refractivity contribution is 5.89. The smallest absolute Gasteiger partial charge is 0.240 e. The maximum Gasteiger partial charge on any atom is 0.240 e. The normalized spacial score (nSPS) is 19.7. The summed E-state index contributed by atoms with van der Waals surface area (Å²) >= 11 is 0. The number of benzene rings is 1. The molecule has 0 radical (unpaired) electrons. The monoisotopic (exact) mass is 459 g/mol. The number of ether oxygens (including phenoxy) is 2. The highest BCUT2D eigenvalue weighted by Gasteiger charge is 2.43. The van der Waals surface area contributed by atoms with Crippen molar-refractivity contribution in [2.45, 2.75) is 94.5 Å². The van der Waals surface area contributed by atoms with E-state index < -0.39 is 17.9 Å². The number of carbonyl (C=O) groups excluding carboxylic acids is 2. The second-order valence-corrected chi connectivity index (χ2v) is 9.48. The zero-order valence-electron chi connectivity index (χ0n) is 20.2. The van der Waals surface area contributed by atoms with E-state index in [0.29, 0.717) is 6.42 Å². The number of carbonyl (C=O) groups is 2. The van der Waals surface area contributed by atoms with Crippen LogP contribution in [0.25, 0.3) is 0 Å². The molecule has 0 aromatic heterocycles. The molecule has 3 N–H and O–H groups in total. The molecule has 0 heterocycles. The van der Waals surface area contributed by atoms with Crippen LogP contribution in [-0.4, -0.2) is 56.5 Å². The zero-order valence-corrected chi connectivity index (χ0v) is 20.2. The molecule has 0 aliphatic heterocycles. The Morgan fingerprint density at radius 3 is 2.24 bits per heavy atom.